The van der Waals surface area contributed by atoms with Gasteiger partial charge in [0.15, 0.2) is 0 Å². The molecule has 236 valence electrons. The summed E-state index contributed by atoms with van der Waals surface area (Å²) in [7, 11) is -4.25. The number of rotatable bonds is 12. The second-order valence-electron chi connectivity index (χ2n) is 10.9. The molecule has 0 aliphatic carbocycles. The van der Waals surface area contributed by atoms with Crippen LogP contribution in [0.15, 0.2) is 106 Å². The number of amides is 2. The predicted molar refractivity (Wildman–Crippen MR) is 184 cm³/mol. The van der Waals surface area contributed by atoms with E-state index in [0.29, 0.717) is 0 Å². The zero-order valence-corrected chi connectivity index (χ0v) is 29.0. The number of carbonyl (C=O) groups excluding carboxylic acids is 2. The number of aryl methyl sites for hydroxylation is 1. The van der Waals surface area contributed by atoms with E-state index in [-0.39, 0.29) is 45.5 Å². The Labute approximate surface area is 283 Å². The van der Waals surface area contributed by atoms with Gasteiger partial charge < -0.3 is 10.2 Å². The predicted octanol–water partition coefficient (Wildman–Crippen LogP) is 7.42. The first-order valence-corrected chi connectivity index (χ1v) is 17.3. The Hall–Kier alpha value is -3.37. The number of sulfonamides is 1. The van der Waals surface area contributed by atoms with Crippen molar-refractivity contribution < 1.29 is 18.0 Å². The van der Waals surface area contributed by atoms with Crippen molar-refractivity contribution in [2.45, 2.75) is 50.7 Å². The molecule has 0 spiro atoms. The third-order valence-electron chi connectivity index (χ3n) is 7.05. The number of hydrogen-bond acceptors (Lipinski definition) is 4. The van der Waals surface area contributed by atoms with Crippen molar-refractivity contribution in [3.05, 3.63) is 128 Å². The third-order valence-corrected chi connectivity index (χ3v) is 10.1. The second kappa shape index (κ2) is 15.3. The molecule has 0 aliphatic rings. The summed E-state index contributed by atoms with van der Waals surface area (Å²) in [4.78, 5) is 29.7. The number of benzene rings is 4. The molecule has 4 aromatic rings. The van der Waals surface area contributed by atoms with Gasteiger partial charge in [-0.3, -0.25) is 13.9 Å². The summed E-state index contributed by atoms with van der Waals surface area (Å²) in [6.45, 7) is 5.02. The summed E-state index contributed by atoms with van der Waals surface area (Å²) >= 11 is 15.9. The van der Waals surface area contributed by atoms with E-state index in [9.17, 15) is 18.0 Å². The molecule has 0 saturated carbocycles. The monoisotopic (exact) mass is 729 g/mol. The fourth-order valence-corrected chi connectivity index (χ4v) is 6.69. The number of hydrogen-bond donors (Lipinski definition) is 1. The molecule has 1 unspecified atom stereocenters. The molecule has 0 saturated heterocycles. The first-order valence-electron chi connectivity index (χ1n) is 14.3. The lowest BCUT2D eigenvalue weighted by Crippen LogP contribution is -2.54. The largest absolute Gasteiger partial charge is 0.352 e. The lowest BCUT2D eigenvalue weighted by atomic mass is 10.0. The zero-order valence-electron chi connectivity index (χ0n) is 25.1. The first kappa shape index (κ1) is 34.5. The van der Waals surface area contributed by atoms with E-state index in [0.717, 1.165) is 25.5 Å². The lowest BCUT2D eigenvalue weighted by Gasteiger charge is -2.34. The lowest BCUT2D eigenvalue weighted by molar-refractivity contribution is -0.140. The number of anilines is 1. The minimum Gasteiger partial charge on any atom is -0.352 e. The van der Waals surface area contributed by atoms with Crippen LogP contribution in [0, 0.1) is 6.92 Å². The van der Waals surface area contributed by atoms with Gasteiger partial charge in [0.25, 0.3) is 10.0 Å². The molecule has 1 N–H and O–H groups in total. The quantitative estimate of drug-likeness (QED) is 0.164. The maximum Gasteiger partial charge on any atom is 0.264 e. The van der Waals surface area contributed by atoms with E-state index in [1.807, 2.05) is 75.4 Å². The summed E-state index contributed by atoms with van der Waals surface area (Å²) in [6.07, 6.45) is 0.221. The molecule has 11 heteroatoms. The number of nitrogens with zero attached hydrogens (tertiary/aromatic N) is 2. The van der Waals surface area contributed by atoms with Crippen LogP contribution in [-0.4, -0.2) is 43.8 Å². The topological polar surface area (TPSA) is 86.8 Å². The van der Waals surface area contributed by atoms with Crippen molar-refractivity contribution in [2.24, 2.45) is 0 Å². The van der Waals surface area contributed by atoms with Crippen molar-refractivity contribution in [2.75, 3.05) is 10.8 Å². The highest BCUT2D eigenvalue weighted by atomic mass is 79.9. The molecule has 45 heavy (non-hydrogen) atoms. The standard InChI is InChI=1S/C34H34BrCl2N3O4S/c1-23(2)38-34(42)32(19-25-7-5-4-6-8-25)39(21-26-11-13-27(35)14-12-26)33(41)22-40(28-15-18-30(36)31(37)20-28)45(43,44)29-16-9-24(3)10-17-29/h4-18,20,23,32H,19,21-22H2,1-3H3,(H,38,42). The van der Waals surface area contributed by atoms with Gasteiger partial charge in [-0.05, 0) is 74.4 Å². The summed E-state index contributed by atoms with van der Waals surface area (Å²) in [6, 6.07) is 26.4. The molecule has 0 radical (unpaired) electrons. The van der Waals surface area contributed by atoms with Crippen molar-refractivity contribution in [1.29, 1.82) is 0 Å². The van der Waals surface area contributed by atoms with Gasteiger partial charge in [0, 0.05) is 23.5 Å². The molecule has 1 atom stereocenters. The molecule has 7 nitrogen and oxygen atoms in total. The van der Waals surface area contributed by atoms with E-state index in [4.69, 9.17) is 23.2 Å². The molecular formula is C34H34BrCl2N3O4S. The minimum atomic E-state index is -4.25. The summed E-state index contributed by atoms with van der Waals surface area (Å²) < 4.78 is 30.1. The van der Waals surface area contributed by atoms with E-state index in [1.54, 1.807) is 12.1 Å². The molecule has 0 bridgehead atoms. The van der Waals surface area contributed by atoms with Gasteiger partial charge in [-0.25, -0.2) is 8.42 Å². The van der Waals surface area contributed by atoms with E-state index in [1.165, 1.54) is 35.2 Å². The molecule has 0 aromatic heterocycles. The molecule has 0 heterocycles. The van der Waals surface area contributed by atoms with Crippen molar-refractivity contribution in [3.8, 4) is 0 Å². The van der Waals surface area contributed by atoms with Crippen LogP contribution in [0.25, 0.3) is 0 Å². The fraction of sp³-hybridized carbons (Fsp3) is 0.235. The molecule has 4 aromatic carbocycles. The van der Waals surface area contributed by atoms with E-state index >= 15 is 0 Å². The van der Waals surface area contributed by atoms with E-state index in [2.05, 4.69) is 21.2 Å². The van der Waals surface area contributed by atoms with Gasteiger partial charge in [0.05, 0.1) is 20.6 Å². The average molecular weight is 732 g/mol. The second-order valence-corrected chi connectivity index (χ2v) is 14.5. The zero-order chi connectivity index (χ0) is 32.7. The third kappa shape index (κ3) is 9.10. The Bertz CT molecular complexity index is 1740. The highest BCUT2D eigenvalue weighted by Crippen LogP contribution is 2.31. The maximum absolute atomic E-state index is 14.5. The number of halogens is 3. The van der Waals surface area contributed by atoms with Gasteiger partial charge in [0.1, 0.15) is 12.6 Å². The SMILES string of the molecule is Cc1ccc(S(=O)(=O)N(CC(=O)N(Cc2ccc(Br)cc2)C(Cc2ccccc2)C(=O)NC(C)C)c2ccc(Cl)c(Cl)c2)cc1. The van der Waals surface area contributed by atoms with Gasteiger partial charge in [0.2, 0.25) is 11.8 Å². The summed E-state index contributed by atoms with van der Waals surface area (Å²) in [5, 5.41) is 3.32. The highest BCUT2D eigenvalue weighted by Gasteiger charge is 2.35. The normalized spacial score (nSPS) is 12.1. The van der Waals surface area contributed by atoms with Crippen LogP contribution in [0.5, 0.6) is 0 Å². The maximum atomic E-state index is 14.5. The van der Waals surface area contributed by atoms with Crippen LogP contribution >= 0.6 is 39.1 Å². The van der Waals surface area contributed by atoms with Crippen molar-refractivity contribution >= 4 is 66.7 Å². The highest BCUT2D eigenvalue weighted by molar-refractivity contribution is 9.10. The Morgan fingerprint density at radius 3 is 2.09 bits per heavy atom. The van der Waals surface area contributed by atoms with Crippen molar-refractivity contribution in [3.63, 3.8) is 0 Å². The average Bonchev–Trinajstić information content (AvgIpc) is 3.00. The van der Waals surface area contributed by atoms with Crippen LogP contribution in [0.4, 0.5) is 5.69 Å². The molecule has 0 aliphatic heterocycles. The Kier molecular flexibility index (Phi) is 11.7. The van der Waals surface area contributed by atoms with Gasteiger partial charge >= 0.3 is 0 Å². The molecular weight excluding hydrogens is 697 g/mol. The van der Waals surface area contributed by atoms with Crippen LogP contribution in [0.3, 0.4) is 0 Å². The molecule has 0 fully saturated rings. The Morgan fingerprint density at radius 2 is 1.49 bits per heavy atom. The van der Waals surface area contributed by atoms with Gasteiger partial charge in [-0.1, -0.05) is 99.3 Å². The summed E-state index contributed by atoms with van der Waals surface area (Å²) in [5.74, 6) is -0.915. The smallest absolute Gasteiger partial charge is 0.264 e. The Balaban J connectivity index is 1.82. The van der Waals surface area contributed by atoms with Gasteiger partial charge in [-0.2, -0.15) is 0 Å². The van der Waals surface area contributed by atoms with Crippen LogP contribution in [-0.2, 0) is 32.6 Å². The fourth-order valence-electron chi connectivity index (χ4n) is 4.73. The Morgan fingerprint density at radius 1 is 0.844 bits per heavy atom. The van der Waals surface area contributed by atoms with Crippen LogP contribution in [0.2, 0.25) is 10.0 Å². The van der Waals surface area contributed by atoms with E-state index < -0.39 is 28.5 Å². The summed E-state index contributed by atoms with van der Waals surface area (Å²) in [5.41, 5.74) is 2.66. The molecule has 4 rings (SSSR count). The molecule has 2 amide bonds. The number of nitrogens with one attached hydrogen (secondary N) is 1. The van der Waals surface area contributed by atoms with Gasteiger partial charge in [-0.15, -0.1) is 0 Å². The minimum absolute atomic E-state index is 0.00446. The van der Waals surface area contributed by atoms with Crippen molar-refractivity contribution in [1.82, 2.24) is 10.2 Å². The van der Waals surface area contributed by atoms with Crippen LogP contribution < -0.4 is 9.62 Å². The first-order chi connectivity index (χ1) is 21.3. The number of carbonyl (C=O) groups is 2. The van der Waals surface area contributed by atoms with Crippen LogP contribution in [0.1, 0.15) is 30.5 Å².